The first kappa shape index (κ1) is 21.4. The highest BCUT2D eigenvalue weighted by atomic mass is 35.5. The first-order valence-corrected chi connectivity index (χ1v) is 9.85. The van der Waals surface area contributed by atoms with Crippen LogP contribution in [0.1, 0.15) is 36.5 Å². The van der Waals surface area contributed by atoms with Crippen molar-refractivity contribution >= 4 is 23.4 Å². The van der Waals surface area contributed by atoms with E-state index in [0.717, 1.165) is 5.56 Å². The van der Waals surface area contributed by atoms with E-state index in [9.17, 15) is 9.59 Å². The summed E-state index contributed by atoms with van der Waals surface area (Å²) in [6, 6.07) is 13.9. The molecule has 0 saturated carbocycles. The third-order valence-corrected chi connectivity index (χ3v) is 4.39. The first-order chi connectivity index (χ1) is 14.4. The summed E-state index contributed by atoms with van der Waals surface area (Å²) in [6.45, 7) is 3.85. The SMILES string of the molecule is CC(C)Oc1ccc(C(=O)NNC(=O)CCc2ncc(-c3ccccc3Cl)o2)cc1. The van der Waals surface area contributed by atoms with Gasteiger partial charge in [-0.2, -0.15) is 0 Å². The average Bonchev–Trinajstić information content (AvgIpc) is 3.19. The zero-order chi connectivity index (χ0) is 21.5. The molecule has 0 aliphatic heterocycles. The van der Waals surface area contributed by atoms with Crippen LogP contribution >= 0.6 is 11.6 Å². The van der Waals surface area contributed by atoms with Crippen molar-refractivity contribution in [2.45, 2.75) is 32.8 Å². The number of benzene rings is 2. The molecular formula is C22H22ClN3O4. The van der Waals surface area contributed by atoms with Crippen LogP contribution in [0.2, 0.25) is 5.02 Å². The number of hydrazine groups is 1. The van der Waals surface area contributed by atoms with Crippen LogP contribution in [0, 0.1) is 0 Å². The van der Waals surface area contributed by atoms with Crippen LogP contribution in [0.15, 0.2) is 59.1 Å². The number of aromatic nitrogens is 1. The molecule has 3 aromatic rings. The summed E-state index contributed by atoms with van der Waals surface area (Å²) in [5.41, 5.74) is 5.91. The number of amides is 2. The number of hydrogen-bond acceptors (Lipinski definition) is 5. The van der Waals surface area contributed by atoms with Crippen LogP contribution in [-0.2, 0) is 11.2 Å². The fourth-order valence-electron chi connectivity index (χ4n) is 2.65. The molecule has 1 aromatic heterocycles. The van der Waals surface area contributed by atoms with Gasteiger partial charge < -0.3 is 9.15 Å². The maximum absolute atomic E-state index is 12.1. The molecule has 1 heterocycles. The maximum Gasteiger partial charge on any atom is 0.269 e. The number of rotatable bonds is 7. The van der Waals surface area contributed by atoms with Crippen molar-refractivity contribution in [1.29, 1.82) is 0 Å². The minimum Gasteiger partial charge on any atom is -0.491 e. The van der Waals surface area contributed by atoms with E-state index in [4.69, 9.17) is 20.8 Å². The van der Waals surface area contributed by atoms with Gasteiger partial charge in [-0.05, 0) is 50.2 Å². The maximum atomic E-state index is 12.1. The van der Waals surface area contributed by atoms with Crippen LogP contribution < -0.4 is 15.6 Å². The number of aryl methyl sites for hydroxylation is 1. The molecule has 7 nitrogen and oxygen atoms in total. The molecule has 0 fully saturated rings. The van der Waals surface area contributed by atoms with E-state index < -0.39 is 5.91 Å². The lowest BCUT2D eigenvalue weighted by molar-refractivity contribution is -0.121. The van der Waals surface area contributed by atoms with Crippen molar-refractivity contribution in [3.8, 4) is 17.1 Å². The lowest BCUT2D eigenvalue weighted by atomic mass is 10.2. The quantitative estimate of drug-likeness (QED) is 0.552. The number of oxazole rings is 1. The van der Waals surface area contributed by atoms with Crippen LogP contribution in [0.3, 0.4) is 0 Å². The highest BCUT2D eigenvalue weighted by molar-refractivity contribution is 6.33. The van der Waals surface area contributed by atoms with Gasteiger partial charge in [0.1, 0.15) is 5.75 Å². The van der Waals surface area contributed by atoms with Gasteiger partial charge >= 0.3 is 0 Å². The fourth-order valence-corrected chi connectivity index (χ4v) is 2.88. The molecule has 0 radical (unpaired) electrons. The molecule has 2 amide bonds. The van der Waals surface area contributed by atoms with E-state index >= 15 is 0 Å². The summed E-state index contributed by atoms with van der Waals surface area (Å²) in [6.07, 6.45) is 2.01. The third-order valence-electron chi connectivity index (χ3n) is 4.06. The molecule has 0 aliphatic rings. The van der Waals surface area contributed by atoms with E-state index in [1.165, 1.54) is 0 Å². The van der Waals surface area contributed by atoms with Gasteiger partial charge in [-0.15, -0.1) is 0 Å². The van der Waals surface area contributed by atoms with Crippen LogP contribution in [-0.4, -0.2) is 22.9 Å². The predicted octanol–water partition coefficient (Wildman–Crippen LogP) is 4.18. The summed E-state index contributed by atoms with van der Waals surface area (Å²) in [5.74, 6) is 0.839. The molecular weight excluding hydrogens is 406 g/mol. The Morgan fingerprint density at radius 1 is 1.10 bits per heavy atom. The average molecular weight is 428 g/mol. The summed E-state index contributed by atoms with van der Waals surface area (Å²) >= 11 is 6.15. The molecule has 2 N–H and O–H groups in total. The molecule has 8 heteroatoms. The van der Waals surface area contributed by atoms with E-state index in [2.05, 4.69) is 15.8 Å². The van der Waals surface area contributed by atoms with Gasteiger partial charge in [0.25, 0.3) is 5.91 Å². The van der Waals surface area contributed by atoms with E-state index in [1.807, 2.05) is 32.0 Å². The Morgan fingerprint density at radius 2 is 1.83 bits per heavy atom. The summed E-state index contributed by atoms with van der Waals surface area (Å²) in [5, 5.41) is 0.560. The largest absolute Gasteiger partial charge is 0.491 e. The smallest absolute Gasteiger partial charge is 0.269 e. The number of carbonyl (C=O) groups is 2. The molecule has 30 heavy (non-hydrogen) atoms. The van der Waals surface area contributed by atoms with Crippen molar-refractivity contribution < 1.29 is 18.7 Å². The summed E-state index contributed by atoms with van der Waals surface area (Å²) in [4.78, 5) is 28.3. The van der Waals surface area contributed by atoms with Gasteiger partial charge in [0, 0.05) is 24.0 Å². The lowest BCUT2D eigenvalue weighted by Crippen LogP contribution is -2.41. The first-order valence-electron chi connectivity index (χ1n) is 9.48. The normalized spacial score (nSPS) is 10.7. The van der Waals surface area contributed by atoms with Gasteiger partial charge in [-0.1, -0.05) is 23.7 Å². The second-order valence-corrected chi connectivity index (χ2v) is 7.20. The van der Waals surface area contributed by atoms with Crippen LogP contribution in [0.25, 0.3) is 11.3 Å². The lowest BCUT2D eigenvalue weighted by Gasteiger charge is -2.10. The zero-order valence-corrected chi connectivity index (χ0v) is 17.4. The van der Waals surface area contributed by atoms with Gasteiger partial charge in [-0.3, -0.25) is 20.4 Å². The van der Waals surface area contributed by atoms with Crippen molar-refractivity contribution in [3.05, 3.63) is 71.2 Å². The van der Waals surface area contributed by atoms with Crippen molar-refractivity contribution in [2.75, 3.05) is 0 Å². The molecule has 0 atom stereocenters. The Morgan fingerprint density at radius 3 is 2.53 bits per heavy atom. The second-order valence-electron chi connectivity index (χ2n) is 6.79. The number of ether oxygens (including phenoxy) is 1. The monoisotopic (exact) mass is 427 g/mol. The highest BCUT2D eigenvalue weighted by Gasteiger charge is 2.12. The van der Waals surface area contributed by atoms with E-state index in [0.29, 0.717) is 28.0 Å². The molecule has 0 bridgehead atoms. The Hall–Kier alpha value is -3.32. The van der Waals surface area contributed by atoms with Gasteiger partial charge in [0.15, 0.2) is 11.7 Å². The molecule has 2 aromatic carbocycles. The van der Waals surface area contributed by atoms with Gasteiger partial charge in [0.2, 0.25) is 5.91 Å². The third kappa shape index (κ3) is 5.84. The predicted molar refractivity (Wildman–Crippen MR) is 113 cm³/mol. The van der Waals surface area contributed by atoms with Crippen molar-refractivity contribution in [1.82, 2.24) is 15.8 Å². The number of hydrogen-bond donors (Lipinski definition) is 2. The highest BCUT2D eigenvalue weighted by Crippen LogP contribution is 2.28. The van der Waals surface area contributed by atoms with Crippen LogP contribution in [0.4, 0.5) is 0 Å². The fraction of sp³-hybridized carbons (Fsp3) is 0.227. The van der Waals surface area contributed by atoms with E-state index in [1.54, 1.807) is 36.5 Å². The Balaban J connectivity index is 1.46. The summed E-state index contributed by atoms with van der Waals surface area (Å²) < 4.78 is 11.2. The molecule has 0 spiro atoms. The molecule has 0 unspecified atom stereocenters. The van der Waals surface area contributed by atoms with Gasteiger partial charge in [0.05, 0.1) is 17.3 Å². The number of carbonyl (C=O) groups excluding carboxylic acids is 2. The standard InChI is InChI=1S/C22H22ClN3O4/c1-14(2)29-16-9-7-15(8-10-16)22(28)26-25-20(27)11-12-21-24-13-19(30-21)17-5-3-4-6-18(17)23/h3-10,13-14H,11-12H2,1-2H3,(H,25,27)(H,26,28). The van der Waals surface area contributed by atoms with Gasteiger partial charge in [-0.25, -0.2) is 4.98 Å². The molecule has 0 saturated heterocycles. The van der Waals surface area contributed by atoms with E-state index in [-0.39, 0.29) is 24.9 Å². The van der Waals surface area contributed by atoms with Crippen molar-refractivity contribution in [3.63, 3.8) is 0 Å². The molecule has 3 rings (SSSR count). The molecule has 0 aliphatic carbocycles. The topological polar surface area (TPSA) is 93.5 Å². The minimum absolute atomic E-state index is 0.0494. The summed E-state index contributed by atoms with van der Waals surface area (Å²) in [7, 11) is 0. The van der Waals surface area contributed by atoms with Crippen molar-refractivity contribution in [2.24, 2.45) is 0 Å². The number of nitrogens with one attached hydrogen (secondary N) is 2. The zero-order valence-electron chi connectivity index (χ0n) is 16.6. The van der Waals surface area contributed by atoms with Crippen LogP contribution in [0.5, 0.6) is 5.75 Å². The number of nitrogens with zero attached hydrogens (tertiary/aromatic N) is 1. The molecule has 156 valence electrons. The number of halogens is 1. The minimum atomic E-state index is -0.420. The second kappa shape index (κ2) is 9.93. The Kier molecular flexibility index (Phi) is 7.08. The Labute approximate surface area is 179 Å². The Bertz CT molecular complexity index is 1020.